The van der Waals surface area contributed by atoms with Crippen LogP contribution < -0.4 is 5.73 Å². The van der Waals surface area contributed by atoms with Gasteiger partial charge in [-0.15, -0.1) is 0 Å². The van der Waals surface area contributed by atoms with Crippen LogP contribution in [0.25, 0.3) is 0 Å². The normalized spacial score (nSPS) is 15.5. The van der Waals surface area contributed by atoms with Crippen LogP contribution in [0.4, 0.5) is 0 Å². The lowest BCUT2D eigenvalue weighted by Crippen LogP contribution is -2.38. The van der Waals surface area contributed by atoms with Gasteiger partial charge in [0.15, 0.2) is 0 Å². The fraction of sp³-hybridized carbons (Fsp3) is 0.278. The lowest BCUT2D eigenvalue weighted by molar-refractivity contribution is -0.142. The smallest absolute Gasteiger partial charge is 0.323 e. The van der Waals surface area contributed by atoms with E-state index in [0.29, 0.717) is 0 Å². The van der Waals surface area contributed by atoms with Crippen LogP contribution in [0.5, 0.6) is 0 Å². The van der Waals surface area contributed by atoms with Crippen LogP contribution in [0.2, 0.25) is 0 Å². The molecular weight excluding hydrogens is 262 g/mol. The minimum absolute atomic E-state index is 0.146. The Kier molecular flexibility index (Phi) is 3.76. The van der Waals surface area contributed by atoms with E-state index in [9.17, 15) is 4.79 Å². The van der Waals surface area contributed by atoms with Gasteiger partial charge in [-0.2, -0.15) is 0 Å². The van der Waals surface area contributed by atoms with Crippen LogP contribution in [0.3, 0.4) is 0 Å². The molecule has 3 nitrogen and oxygen atoms in total. The minimum Gasteiger partial charge on any atom is -0.468 e. The van der Waals surface area contributed by atoms with Crippen molar-refractivity contribution in [2.24, 2.45) is 5.73 Å². The predicted octanol–water partition coefficient (Wildman–Crippen LogP) is 2.42. The maximum atomic E-state index is 12.0. The van der Waals surface area contributed by atoms with E-state index >= 15 is 0 Å². The van der Waals surface area contributed by atoms with Crippen molar-refractivity contribution in [1.82, 2.24) is 0 Å². The summed E-state index contributed by atoms with van der Waals surface area (Å²) in [5, 5.41) is 0. The third-order valence-electron chi connectivity index (χ3n) is 4.28. The number of fused-ring (bicyclic) bond motifs is 2. The number of rotatable bonds is 2. The molecule has 0 spiro atoms. The van der Waals surface area contributed by atoms with Gasteiger partial charge in [0.2, 0.25) is 0 Å². The van der Waals surface area contributed by atoms with E-state index in [4.69, 9.17) is 10.5 Å². The number of carbonyl (C=O) groups excluding carboxylic acids is 1. The van der Waals surface area contributed by atoms with Gasteiger partial charge in [-0.05, 0) is 35.1 Å². The highest BCUT2D eigenvalue weighted by molar-refractivity contribution is 5.78. The SMILES string of the molecule is COC(=O)C(N)C1c2ccccc2CCc2ccccc21. The van der Waals surface area contributed by atoms with Crippen LogP contribution in [-0.2, 0) is 22.4 Å². The molecule has 0 radical (unpaired) electrons. The van der Waals surface area contributed by atoms with Crippen molar-refractivity contribution in [3.63, 3.8) is 0 Å². The zero-order valence-electron chi connectivity index (χ0n) is 12.1. The van der Waals surface area contributed by atoms with Crippen molar-refractivity contribution in [1.29, 1.82) is 0 Å². The summed E-state index contributed by atoms with van der Waals surface area (Å²) < 4.78 is 4.87. The first-order chi connectivity index (χ1) is 10.2. The topological polar surface area (TPSA) is 52.3 Å². The fourth-order valence-electron chi connectivity index (χ4n) is 3.23. The van der Waals surface area contributed by atoms with Gasteiger partial charge >= 0.3 is 5.97 Å². The van der Waals surface area contributed by atoms with E-state index in [-0.39, 0.29) is 11.9 Å². The number of carbonyl (C=O) groups is 1. The van der Waals surface area contributed by atoms with Crippen molar-refractivity contribution < 1.29 is 9.53 Å². The third kappa shape index (κ3) is 2.45. The molecule has 1 aliphatic rings. The number of nitrogens with two attached hydrogens (primary N) is 1. The summed E-state index contributed by atoms with van der Waals surface area (Å²) >= 11 is 0. The molecule has 1 aliphatic carbocycles. The Labute approximate surface area is 124 Å². The lowest BCUT2D eigenvalue weighted by atomic mass is 9.83. The van der Waals surface area contributed by atoms with Gasteiger partial charge in [-0.1, -0.05) is 48.5 Å². The summed E-state index contributed by atoms with van der Waals surface area (Å²) in [6.07, 6.45) is 1.94. The molecule has 0 bridgehead atoms. The van der Waals surface area contributed by atoms with Gasteiger partial charge in [0.25, 0.3) is 0 Å². The zero-order valence-corrected chi connectivity index (χ0v) is 12.1. The summed E-state index contributed by atoms with van der Waals surface area (Å²) in [6.45, 7) is 0. The summed E-state index contributed by atoms with van der Waals surface area (Å²) in [5.41, 5.74) is 11.0. The van der Waals surface area contributed by atoms with E-state index in [2.05, 4.69) is 24.3 Å². The maximum Gasteiger partial charge on any atom is 0.323 e. The first-order valence-corrected chi connectivity index (χ1v) is 7.21. The molecule has 0 fully saturated rings. The molecule has 0 saturated heterocycles. The average molecular weight is 281 g/mol. The second-order valence-corrected chi connectivity index (χ2v) is 5.42. The summed E-state index contributed by atoms with van der Waals surface area (Å²) in [5.74, 6) is -0.515. The Balaban J connectivity index is 2.17. The van der Waals surface area contributed by atoms with Crippen molar-refractivity contribution in [2.75, 3.05) is 7.11 Å². The lowest BCUT2D eigenvalue weighted by Gasteiger charge is -2.24. The van der Waals surface area contributed by atoms with Crippen molar-refractivity contribution in [2.45, 2.75) is 24.8 Å². The molecule has 0 aliphatic heterocycles. The number of ether oxygens (including phenoxy) is 1. The molecule has 3 heteroatoms. The van der Waals surface area contributed by atoms with Crippen LogP contribution in [0, 0.1) is 0 Å². The van der Waals surface area contributed by atoms with Crippen LogP contribution in [0.15, 0.2) is 48.5 Å². The molecule has 2 aromatic rings. The quantitative estimate of drug-likeness (QED) is 0.860. The minimum atomic E-state index is -0.685. The van der Waals surface area contributed by atoms with E-state index in [0.717, 1.165) is 24.0 Å². The van der Waals surface area contributed by atoms with Crippen molar-refractivity contribution >= 4 is 5.97 Å². The number of hydrogen-bond acceptors (Lipinski definition) is 3. The second kappa shape index (κ2) is 5.70. The highest BCUT2D eigenvalue weighted by Gasteiger charge is 2.32. The van der Waals surface area contributed by atoms with Gasteiger partial charge in [0, 0.05) is 5.92 Å². The summed E-state index contributed by atoms with van der Waals surface area (Å²) in [7, 11) is 1.39. The van der Waals surface area contributed by atoms with Crippen LogP contribution in [0.1, 0.15) is 28.2 Å². The molecule has 0 amide bonds. The van der Waals surface area contributed by atoms with Crippen molar-refractivity contribution in [3.8, 4) is 0 Å². The molecule has 2 aromatic carbocycles. The Morgan fingerprint density at radius 3 is 2.00 bits per heavy atom. The fourth-order valence-corrected chi connectivity index (χ4v) is 3.23. The average Bonchev–Trinajstić information content (AvgIpc) is 2.70. The number of esters is 1. The number of methoxy groups -OCH3 is 1. The van der Waals surface area contributed by atoms with Crippen molar-refractivity contribution in [3.05, 3.63) is 70.8 Å². The molecule has 108 valence electrons. The van der Waals surface area contributed by atoms with Gasteiger partial charge in [-0.25, -0.2) is 0 Å². The Bertz CT molecular complexity index is 618. The van der Waals surface area contributed by atoms with Gasteiger partial charge in [0.1, 0.15) is 6.04 Å². The van der Waals surface area contributed by atoms with E-state index in [1.165, 1.54) is 18.2 Å². The third-order valence-corrected chi connectivity index (χ3v) is 4.28. The van der Waals surface area contributed by atoms with E-state index in [1.807, 2.05) is 24.3 Å². The molecule has 1 atom stereocenters. The Morgan fingerprint density at radius 2 is 1.52 bits per heavy atom. The highest BCUT2D eigenvalue weighted by atomic mass is 16.5. The van der Waals surface area contributed by atoms with Gasteiger partial charge in [-0.3, -0.25) is 4.79 Å². The van der Waals surface area contributed by atoms with E-state index in [1.54, 1.807) is 0 Å². The standard InChI is InChI=1S/C18H19NO2/c1-21-18(20)17(19)16-14-8-4-2-6-12(14)10-11-13-7-3-5-9-15(13)16/h2-9,16-17H,10-11,19H2,1H3. The monoisotopic (exact) mass is 281 g/mol. The molecule has 0 aromatic heterocycles. The van der Waals surface area contributed by atoms with Crippen LogP contribution in [-0.4, -0.2) is 19.1 Å². The largest absolute Gasteiger partial charge is 0.468 e. The first-order valence-electron chi connectivity index (χ1n) is 7.21. The number of benzene rings is 2. The molecule has 2 N–H and O–H groups in total. The molecule has 21 heavy (non-hydrogen) atoms. The molecule has 1 unspecified atom stereocenters. The molecular formula is C18H19NO2. The number of aryl methyl sites for hydroxylation is 2. The highest BCUT2D eigenvalue weighted by Crippen LogP contribution is 2.36. The predicted molar refractivity (Wildman–Crippen MR) is 82.1 cm³/mol. The zero-order chi connectivity index (χ0) is 14.8. The Hall–Kier alpha value is -2.13. The summed E-state index contributed by atoms with van der Waals surface area (Å²) in [4.78, 5) is 12.0. The second-order valence-electron chi connectivity index (χ2n) is 5.42. The molecule has 0 heterocycles. The molecule has 3 rings (SSSR count). The van der Waals surface area contributed by atoms with Crippen LogP contribution >= 0.6 is 0 Å². The number of hydrogen-bond donors (Lipinski definition) is 1. The first kappa shape index (κ1) is 13.8. The maximum absolute atomic E-state index is 12.0. The Morgan fingerprint density at radius 1 is 1.05 bits per heavy atom. The van der Waals surface area contributed by atoms with Gasteiger partial charge in [0.05, 0.1) is 7.11 Å². The van der Waals surface area contributed by atoms with Gasteiger partial charge < -0.3 is 10.5 Å². The molecule has 0 saturated carbocycles. The van der Waals surface area contributed by atoms with E-state index < -0.39 is 6.04 Å². The summed E-state index contributed by atoms with van der Waals surface area (Å²) in [6, 6.07) is 15.8.